The van der Waals surface area contributed by atoms with Crippen LogP contribution in [0.1, 0.15) is 54.1 Å². The molecule has 1 saturated heterocycles. The molecule has 0 radical (unpaired) electrons. The molecule has 0 spiro atoms. The quantitative estimate of drug-likeness (QED) is 0.344. The number of hydrogen-bond acceptors (Lipinski definition) is 8. The molecule has 1 aromatic heterocycles. The van der Waals surface area contributed by atoms with Crippen LogP contribution in [-0.2, 0) is 27.4 Å². The first-order chi connectivity index (χ1) is 20.5. The molecule has 43 heavy (non-hydrogen) atoms. The first-order valence-electron chi connectivity index (χ1n) is 14.5. The fourth-order valence-corrected chi connectivity index (χ4v) is 7.43. The molecule has 2 atom stereocenters. The Morgan fingerprint density at radius 1 is 0.953 bits per heavy atom. The van der Waals surface area contributed by atoms with Gasteiger partial charge in [-0.3, -0.25) is 0 Å². The first-order valence-corrected chi connectivity index (χ1v) is 16.6. The van der Waals surface area contributed by atoms with Gasteiger partial charge in [-0.15, -0.1) is 0 Å². The van der Waals surface area contributed by atoms with E-state index in [1.54, 1.807) is 4.90 Å². The molecule has 2 aliphatic rings. The predicted octanol–water partition coefficient (Wildman–Crippen LogP) is 2.80. The molecule has 11 heteroatoms. The van der Waals surface area contributed by atoms with Gasteiger partial charge in [-0.25, -0.2) is 0 Å². The number of nitrogens with zero attached hydrogens (tertiary/aromatic N) is 5. The number of ether oxygens (including phenoxy) is 2. The van der Waals surface area contributed by atoms with Gasteiger partial charge in [-0.05, 0) is 0 Å². The van der Waals surface area contributed by atoms with E-state index in [9.17, 15) is 14.4 Å². The van der Waals surface area contributed by atoms with Crippen molar-refractivity contribution in [2.75, 3.05) is 51.8 Å². The van der Waals surface area contributed by atoms with Crippen molar-refractivity contribution in [3.8, 4) is 0 Å². The number of rotatable bonds is 8. The van der Waals surface area contributed by atoms with E-state index in [4.69, 9.17) is 9.47 Å². The number of fused-ring (bicyclic) bond motifs is 1. The summed E-state index contributed by atoms with van der Waals surface area (Å²) in [4.78, 5) is 46.6. The van der Waals surface area contributed by atoms with Crippen LogP contribution in [0.25, 0.3) is 0 Å². The van der Waals surface area contributed by atoms with Gasteiger partial charge in [0.2, 0.25) is 0 Å². The minimum atomic E-state index is -1.43. The number of hydrogen-bond donors (Lipinski definition) is 0. The fourth-order valence-electron chi connectivity index (χ4n) is 5.23. The molecule has 2 aromatic carbocycles. The molecule has 0 saturated carbocycles. The van der Waals surface area contributed by atoms with Crippen LogP contribution in [0.4, 0.5) is 10.5 Å². The standard InChI is InChI=1S/C32H40AsN5O5/c1-32(2,3)21-43-31(41)38-26-20-37(30(40)27(42-5)22-9-7-6-8-10-22)19-25(26)28(34-38)33-29(39)23-11-13-24(14-12-23)36-17-15-35(4)16-18-36/h6-14,27,33H,15-21H2,1-5H3. The number of benzene rings is 2. The van der Waals surface area contributed by atoms with Crippen molar-refractivity contribution in [2.45, 2.75) is 40.0 Å². The zero-order valence-corrected chi connectivity index (χ0v) is 27.6. The Bertz CT molecular complexity index is 1460. The molecule has 0 aliphatic carbocycles. The van der Waals surface area contributed by atoms with E-state index in [0.29, 0.717) is 15.7 Å². The summed E-state index contributed by atoms with van der Waals surface area (Å²) in [6.45, 7) is 10.5. The van der Waals surface area contributed by atoms with Gasteiger partial charge in [0.1, 0.15) is 0 Å². The third-order valence-electron chi connectivity index (χ3n) is 7.68. The Labute approximate surface area is 259 Å². The number of amides is 1. The van der Waals surface area contributed by atoms with Gasteiger partial charge in [0.05, 0.1) is 0 Å². The number of piperazine rings is 1. The third kappa shape index (κ3) is 7.20. The zero-order valence-electron chi connectivity index (χ0n) is 25.5. The van der Waals surface area contributed by atoms with Crippen molar-refractivity contribution >= 4 is 42.5 Å². The van der Waals surface area contributed by atoms with Crippen LogP contribution in [0.5, 0.6) is 0 Å². The maximum atomic E-state index is 13.6. The number of aromatic nitrogens is 2. The van der Waals surface area contributed by atoms with E-state index in [2.05, 4.69) is 21.9 Å². The third-order valence-corrected chi connectivity index (χ3v) is 10.1. The number of carbonyl (C=O) groups excluding carboxylic acids is 3. The van der Waals surface area contributed by atoms with Gasteiger partial charge >= 0.3 is 260 Å². The van der Waals surface area contributed by atoms with Gasteiger partial charge in [0.15, 0.2) is 0 Å². The molecule has 3 heterocycles. The summed E-state index contributed by atoms with van der Waals surface area (Å²) in [6.07, 6.45) is -1.38. The van der Waals surface area contributed by atoms with Crippen molar-refractivity contribution < 1.29 is 23.9 Å². The van der Waals surface area contributed by atoms with Gasteiger partial charge in [0, 0.05) is 0 Å². The van der Waals surface area contributed by atoms with E-state index in [0.717, 1.165) is 43.0 Å². The molecule has 2 aliphatic heterocycles. The second kappa shape index (κ2) is 13.0. The van der Waals surface area contributed by atoms with Crippen LogP contribution < -0.4 is 9.38 Å². The molecule has 3 aromatic rings. The van der Waals surface area contributed by atoms with E-state index in [1.165, 1.54) is 11.8 Å². The number of anilines is 1. The average molecular weight is 650 g/mol. The Morgan fingerprint density at radius 2 is 1.63 bits per heavy atom. The predicted molar refractivity (Wildman–Crippen MR) is 166 cm³/mol. The van der Waals surface area contributed by atoms with Crippen LogP contribution in [0.15, 0.2) is 54.6 Å². The fraction of sp³-hybridized carbons (Fsp3) is 0.438. The van der Waals surface area contributed by atoms with Gasteiger partial charge in [0.25, 0.3) is 0 Å². The molecule has 228 valence electrons. The number of likely N-dealkylation sites (N-methyl/N-ethyl adjacent to an activating group) is 1. The van der Waals surface area contributed by atoms with E-state index in [-0.39, 0.29) is 35.6 Å². The number of methoxy groups -OCH3 is 1. The zero-order chi connectivity index (χ0) is 30.7. The molecule has 2 unspecified atom stereocenters. The van der Waals surface area contributed by atoms with Gasteiger partial charge in [-0.1, -0.05) is 0 Å². The summed E-state index contributed by atoms with van der Waals surface area (Å²) in [5.41, 5.74) is 3.61. The van der Waals surface area contributed by atoms with E-state index < -0.39 is 27.9 Å². The minimum absolute atomic E-state index is 0.0178. The molecule has 10 nitrogen and oxygen atoms in total. The van der Waals surface area contributed by atoms with Crippen LogP contribution in [0, 0.1) is 5.41 Å². The Kier molecular flexibility index (Phi) is 9.39. The molecule has 0 N–H and O–H groups in total. The Morgan fingerprint density at radius 3 is 2.26 bits per heavy atom. The summed E-state index contributed by atoms with van der Waals surface area (Å²) in [7, 11) is 3.63. The molecular weight excluding hydrogens is 609 g/mol. The van der Waals surface area contributed by atoms with Crippen LogP contribution in [-0.4, -0.2) is 98.8 Å². The summed E-state index contributed by atoms with van der Waals surface area (Å²) >= 11 is -1.43. The van der Waals surface area contributed by atoms with Crippen molar-refractivity contribution in [3.63, 3.8) is 0 Å². The maximum absolute atomic E-state index is 13.6. The Hall–Kier alpha value is -3.46. The summed E-state index contributed by atoms with van der Waals surface area (Å²) in [5, 5.41) is 4.61. The van der Waals surface area contributed by atoms with Gasteiger partial charge < -0.3 is 0 Å². The van der Waals surface area contributed by atoms with E-state index in [1.807, 2.05) is 75.4 Å². The van der Waals surface area contributed by atoms with Crippen molar-refractivity contribution in [2.24, 2.45) is 5.41 Å². The second-order valence-electron chi connectivity index (χ2n) is 12.3. The normalized spacial score (nSPS) is 16.5. The van der Waals surface area contributed by atoms with Crippen LogP contribution in [0.2, 0.25) is 0 Å². The average Bonchev–Trinajstić information content (AvgIpc) is 3.57. The van der Waals surface area contributed by atoms with Gasteiger partial charge in [-0.2, -0.15) is 0 Å². The summed E-state index contributed by atoms with van der Waals surface area (Å²) < 4.78 is 13.0. The van der Waals surface area contributed by atoms with E-state index >= 15 is 0 Å². The molecule has 1 amide bonds. The van der Waals surface area contributed by atoms with Crippen molar-refractivity contribution in [1.82, 2.24) is 19.6 Å². The molecule has 0 bridgehead atoms. The second-order valence-corrected chi connectivity index (χ2v) is 14.8. The van der Waals surface area contributed by atoms with Crippen LogP contribution in [0.3, 0.4) is 0 Å². The van der Waals surface area contributed by atoms with Crippen LogP contribution >= 0.6 is 0 Å². The Balaban J connectivity index is 1.36. The summed E-state index contributed by atoms with van der Waals surface area (Å²) in [6, 6.07) is 17.1. The topological polar surface area (TPSA) is 97.2 Å². The van der Waals surface area contributed by atoms with Crippen molar-refractivity contribution in [1.29, 1.82) is 0 Å². The molecule has 1 fully saturated rings. The monoisotopic (exact) mass is 649 g/mol. The first kappa shape index (κ1) is 31.0. The molecular formula is C32H40AsN5O5. The summed E-state index contributed by atoms with van der Waals surface area (Å²) in [5.74, 6) is -0.212. The van der Waals surface area contributed by atoms with Crippen molar-refractivity contribution in [3.05, 3.63) is 77.0 Å². The molecule has 5 rings (SSSR count). The SMILES string of the molecule is COC(C(=O)N1Cc2c([AsH]C(=O)c3ccc(N4CCN(C)CC4)cc3)nn(C(=O)OCC(C)(C)C)c2C1)c1ccccc1. The number of carbonyl (C=O) groups is 3.